The molecule has 1 saturated carbocycles. The van der Waals surface area contributed by atoms with Crippen LogP contribution < -0.4 is 10.1 Å². The van der Waals surface area contributed by atoms with E-state index in [1.807, 2.05) is 12.1 Å². The number of benzene rings is 1. The molecule has 0 heterocycles. The van der Waals surface area contributed by atoms with Gasteiger partial charge < -0.3 is 15.2 Å². The van der Waals surface area contributed by atoms with E-state index in [1.165, 1.54) is 12.8 Å². The lowest BCUT2D eigenvalue weighted by Gasteiger charge is -2.26. The van der Waals surface area contributed by atoms with Crippen LogP contribution >= 0.6 is 0 Å². The number of carbonyl (C=O) groups is 1. The quantitative estimate of drug-likeness (QED) is 0.751. The van der Waals surface area contributed by atoms with Crippen molar-refractivity contribution in [1.82, 2.24) is 5.32 Å². The summed E-state index contributed by atoms with van der Waals surface area (Å²) >= 11 is 0. The fraction of sp³-hybridized carbons (Fsp3) is 0.632. The highest BCUT2D eigenvalue weighted by Crippen LogP contribution is 2.27. The predicted molar refractivity (Wildman–Crippen MR) is 91.8 cm³/mol. The number of hydrogen-bond acceptors (Lipinski definition) is 3. The summed E-state index contributed by atoms with van der Waals surface area (Å²) in [6, 6.07) is 5.81. The van der Waals surface area contributed by atoms with Gasteiger partial charge in [-0.1, -0.05) is 13.0 Å². The number of methoxy groups -OCH3 is 1. The molecule has 0 spiro atoms. The molecule has 1 aliphatic carbocycles. The fourth-order valence-corrected chi connectivity index (χ4v) is 3.20. The van der Waals surface area contributed by atoms with Crippen molar-refractivity contribution in [3.05, 3.63) is 23.8 Å². The number of phenolic OH excluding ortho intramolecular Hbond substituents is 1. The van der Waals surface area contributed by atoms with Crippen LogP contribution in [0.2, 0.25) is 0 Å². The minimum atomic E-state index is 0.164. The number of aryl methyl sites for hydroxylation is 1. The summed E-state index contributed by atoms with van der Waals surface area (Å²) in [6.45, 7) is 2.29. The van der Waals surface area contributed by atoms with E-state index in [2.05, 4.69) is 12.2 Å². The molecule has 0 aliphatic heterocycles. The summed E-state index contributed by atoms with van der Waals surface area (Å²) < 4.78 is 5.11. The Balaban J connectivity index is 1.64. The maximum atomic E-state index is 12.0. The monoisotopic (exact) mass is 319 g/mol. The molecule has 0 aromatic heterocycles. The van der Waals surface area contributed by atoms with Gasteiger partial charge in [0, 0.05) is 12.5 Å². The Hall–Kier alpha value is -1.71. The first kappa shape index (κ1) is 17.6. The van der Waals surface area contributed by atoms with E-state index in [4.69, 9.17) is 4.74 Å². The zero-order valence-electron chi connectivity index (χ0n) is 14.3. The number of unbranched alkanes of at least 4 members (excludes halogenated alkanes) is 1. The Kier molecular flexibility index (Phi) is 6.75. The number of nitrogens with one attached hydrogen (secondary N) is 1. The highest BCUT2D eigenvalue weighted by molar-refractivity contribution is 5.76. The van der Waals surface area contributed by atoms with Crippen molar-refractivity contribution < 1.29 is 14.6 Å². The summed E-state index contributed by atoms with van der Waals surface area (Å²) in [5.41, 5.74) is 1.13. The van der Waals surface area contributed by atoms with Crippen molar-refractivity contribution >= 4 is 5.91 Å². The van der Waals surface area contributed by atoms with Gasteiger partial charge in [0.25, 0.3) is 0 Å². The van der Waals surface area contributed by atoms with Crippen molar-refractivity contribution in [2.24, 2.45) is 5.92 Å². The molecule has 1 amide bonds. The van der Waals surface area contributed by atoms with Crippen molar-refractivity contribution in [3.63, 3.8) is 0 Å². The van der Waals surface area contributed by atoms with Gasteiger partial charge in [0.05, 0.1) is 7.11 Å². The third-order valence-electron chi connectivity index (χ3n) is 4.74. The van der Waals surface area contributed by atoms with Crippen LogP contribution in [0.4, 0.5) is 0 Å². The fourth-order valence-electron chi connectivity index (χ4n) is 3.20. The first-order valence-electron chi connectivity index (χ1n) is 8.73. The normalized spacial score (nSPS) is 21.0. The minimum Gasteiger partial charge on any atom is -0.504 e. The molecule has 1 fully saturated rings. The zero-order valence-corrected chi connectivity index (χ0v) is 14.3. The lowest BCUT2D eigenvalue weighted by Crippen LogP contribution is -2.37. The lowest BCUT2D eigenvalue weighted by molar-refractivity contribution is -0.122. The van der Waals surface area contributed by atoms with Gasteiger partial charge >= 0.3 is 0 Å². The first-order chi connectivity index (χ1) is 11.1. The van der Waals surface area contributed by atoms with Crippen molar-refractivity contribution in [2.45, 2.75) is 64.3 Å². The second-order valence-corrected chi connectivity index (χ2v) is 6.74. The maximum Gasteiger partial charge on any atom is 0.220 e. The van der Waals surface area contributed by atoms with E-state index < -0.39 is 0 Å². The SMILES string of the molecule is COc1cc(CCCCC(=O)N[C@H]2CC[C@H](C)CC2)ccc1O. The Morgan fingerprint density at radius 2 is 2.00 bits per heavy atom. The van der Waals surface area contributed by atoms with E-state index in [9.17, 15) is 9.90 Å². The van der Waals surface area contributed by atoms with Crippen molar-refractivity contribution in [3.8, 4) is 11.5 Å². The van der Waals surface area contributed by atoms with Gasteiger partial charge in [-0.25, -0.2) is 0 Å². The van der Waals surface area contributed by atoms with Crippen LogP contribution in [-0.2, 0) is 11.2 Å². The van der Waals surface area contributed by atoms with E-state index in [0.717, 1.165) is 43.6 Å². The van der Waals surface area contributed by atoms with E-state index in [-0.39, 0.29) is 11.7 Å². The number of rotatable bonds is 7. The van der Waals surface area contributed by atoms with Gasteiger partial charge in [-0.3, -0.25) is 4.79 Å². The molecule has 4 nitrogen and oxygen atoms in total. The molecule has 23 heavy (non-hydrogen) atoms. The number of carbonyl (C=O) groups excluding carboxylic acids is 1. The minimum absolute atomic E-state index is 0.164. The molecule has 0 bridgehead atoms. The van der Waals surface area contributed by atoms with Crippen LogP contribution in [-0.4, -0.2) is 24.2 Å². The van der Waals surface area contributed by atoms with Crippen LogP contribution in [0.1, 0.15) is 57.4 Å². The lowest BCUT2D eigenvalue weighted by atomic mass is 9.87. The van der Waals surface area contributed by atoms with E-state index in [1.54, 1.807) is 13.2 Å². The van der Waals surface area contributed by atoms with Crippen LogP contribution in [0, 0.1) is 5.92 Å². The molecule has 0 unspecified atom stereocenters. The van der Waals surface area contributed by atoms with Crippen LogP contribution in [0.3, 0.4) is 0 Å². The molecule has 4 heteroatoms. The van der Waals surface area contributed by atoms with Gasteiger partial charge in [-0.15, -0.1) is 0 Å². The third-order valence-corrected chi connectivity index (χ3v) is 4.74. The summed E-state index contributed by atoms with van der Waals surface area (Å²) in [6.07, 6.45) is 8.05. The Bertz CT molecular complexity index is 507. The second kappa shape index (κ2) is 8.80. The molecule has 2 rings (SSSR count). The van der Waals surface area contributed by atoms with Crippen LogP contribution in [0.25, 0.3) is 0 Å². The number of hydrogen-bond donors (Lipinski definition) is 2. The maximum absolute atomic E-state index is 12.0. The largest absolute Gasteiger partial charge is 0.504 e. The average Bonchev–Trinajstić information content (AvgIpc) is 2.55. The van der Waals surface area contributed by atoms with Gasteiger partial charge in [-0.05, 0) is 68.6 Å². The van der Waals surface area contributed by atoms with Crippen LogP contribution in [0.15, 0.2) is 18.2 Å². The second-order valence-electron chi connectivity index (χ2n) is 6.74. The Labute approximate surface area is 139 Å². The van der Waals surface area contributed by atoms with Crippen LogP contribution in [0.5, 0.6) is 11.5 Å². The molecule has 128 valence electrons. The first-order valence-corrected chi connectivity index (χ1v) is 8.73. The molecule has 1 aromatic carbocycles. The molecule has 0 atom stereocenters. The van der Waals surface area contributed by atoms with E-state index in [0.29, 0.717) is 18.2 Å². The van der Waals surface area contributed by atoms with Gasteiger partial charge in [0.1, 0.15) is 0 Å². The summed E-state index contributed by atoms with van der Waals surface area (Å²) in [5.74, 6) is 1.67. The Morgan fingerprint density at radius 1 is 1.26 bits per heavy atom. The van der Waals surface area contributed by atoms with Gasteiger partial charge in [-0.2, -0.15) is 0 Å². The molecule has 0 radical (unpaired) electrons. The zero-order chi connectivity index (χ0) is 16.7. The van der Waals surface area contributed by atoms with Gasteiger partial charge in [0.2, 0.25) is 5.91 Å². The highest BCUT2D eigenvalue weighted by Gasteiger charge is 2.19. The average molecular weight is 319 g/mol. The topological polar surface area (TPSA) is 58.6 Å². The summed E-state index contributed by atoms with van der Waals surface area (Å²) in [5, 5.41) is 12.7. The van der Waals surface area contributed by atoms with Crippen molar-refractivity contribution in [1.29, 1.82) is 0 Å². The standard InChI is InChI=1S/C19H29NO3/c1-14-7-10-16(11-8-14)20-19(22)6-4-3-5-15-9-12-17(21)18(13-15)23-2/h9,12-14,16,21H,3-8,10-11H2,1-2H3,(H,20,22)/t14-,16-. The molecule has 2 N–H and O–H groups in total. The number of amides is 1. The summed E-state index contributed by atoms with van der Waals surface area (Å²) in [4.78, 5) is 12.0. The number of aromatic hydroxyl groups is 1. The molecular weight excluding hydrogens is 290 g/mol. The van der Waals surface area contributed by atoms with Crippen molar-refractivity contribution in [2.75, 3.05) is 7.11 Å². The number of phenols is 1. The Morgan fingerprint density at radius 3 is 2.70 bits per heavy atom. The highest BCUT2D eigenvalue weighted by atomic mass is 16.5. The molecule has 0 saturated heterocycles. The number of ether oxygens (including phenoxy) is 1. The smallest absolute Gasteiger partial charge is 0.220 e. The molecule has 1 aliphatic rings. The van der Waals surface area contributed by atoms with E-state index >= 15 is 0 Å². The predicted octanol–water partition coefficient (Wildman–Crippen LogP) is 3.81. The molecule has 1 aromatic rings. The molecular formula is C19H29NO3. The summed E-state index contributed by atoms with van der Waals surface area (Å²) in [7, 11) is 1.55. The third kappa shape index (κ3) is 5.77. The van der Waals surface area contributed by atoms with Gasteiger partial charge in [0.15, 0.2) is 11.5 Å².